The van der Waals surface area contributed by atoms with Crippen LogP contribution in [-0.4, -0.2) is 37.3 Å². The minimum Gasteiger partial charge on any atom is -0.486 e. The number of allylic oxidation sites excluding steroid dienone is 2. The predicted molar refractivity (Wildman–Crippen MR) is 270 cm³/mol. The van der Waals surface area contributed by atoms with Crippen LogP contribution in [0.25, 0.3) is 10.9 Å². The summed E-state index contributed by atoms with van der Waals surface area (Å²) in [5, 5.41) is 9.25. The number of anilines is 5. The second-order valence-electron chi connectivity index (χ2n) is 17.3. The van der Waals surface area contributed by atoms with E-state index in [1.165, 1.54) is 172 Å². The van der Waals surface area contributed by atoms with Gasteiger partial charge >= 0.3 is 5.97 Å². The van der Waals surface area contributed by atoms with Crippen LogP contribution in [0.3, 0.4) is 0 Å². The Hall–Kier alpha value is -4.50. The molecule has 0 bridgehead atoms. The Bertz CT molecular complexity index is 1580. The van der Waals surface area contributed by atoms with Crippen molar-refractivity contribution in [1.29, 1.82) is 0 Å². The minimum absolute atomic E-state index is 0.300. The number of carboxylic acid groups (broad SMARTS) is 1. The van der Waals surface area contributed by atoms with Crippen LogP contribution < -0.4 is 14.7 Å². The van der Waals surface area contributed by atoms with E-state index in [2.05, 4.69) is 120 Å². The molecule has 0 heterocycles. The molecule has 0 atom stereocenters. The molecular formula is C56H84N4O2. The maximum Gasteiger partial charge on any atom is 0.333 e. The molecule has 6 nitrogen and oxygen atoms in total. The summed E-state index contributed by atoms with van der Waals surface area (Å²) in [6.07, 6.45) is 36.2. The first-order chi connectivity index (χ1) is 30.4. The number of hydrogen-bond donors (Lipinski definition) is 1. The van der Waals surface area contributed by atoms with Gasteiger partial charge in [0.15, 0.2) is 0 Å². The third-order valence-corrected chi connectivity index (χ3v) is 12.1. The van der Waals surface area contributed by atoms with E-state index in [0.29, 0.717) is 0 Å². The highest BCUT2D eigenvalue weighted by atomic mass is 16.4. The molecule has 0 aliphatic carbocycles. The molecule has 6 heteroatoms. The molecular weight excluding hydrogens is 761 g/mol. The lowest BCUT2D eigenvalue weighted by atomic mass is 10.1. The first kappa shape index (κ1) is 51.8. The van der Waals surface area contributed by atoms with E-state index in [4.69, 9.17) is 6.57 Å². The van der Waals surface area contributed by atoms with Crippen LogP contribution in [0, 0.1) is 6.57 Å². The highest BCUT2D eigenvalue weighted by Crippen LogP contribution is 2.37. The number of carbonyl (C=O) groups is 1. The van der Waals surface area contributed by atoms with Gasteiger partial charge in [-0.3, -0.25) is 4.79 Å². The number of nitrogens with zero attached hydrogens (tertiary/aromatic N) is 4. The van der Waals surface area contributed by atoms with Crippen molar-refractivity contribution in [2.75, 3.05) is 40.9 Å². The van der Waals surface area contributed by atoms with Crippen LogP contribution in [0.4, 0.5) is 28.4 Å². The van der Waals surface area contributed by atoms with E-state index >= 15 is 0 Å². The second-order valence-corrected chi connectivity index (χ2v) is 17.3. The fraction of sp³-hybridized carbons (Fsp3) is 0.571. The highest BCUT2D eigenvalue weighted by Gasteiger charge is 2.16. The van der Waals surface area contributed by atoms with Crippen molar-refractivity contribution in [3.05, 3.63) is 108 Å². The molecule has 0 aliphatic rings. The van der Waals surface area contributed by atoms with Gasteiger partial charge < -0.3 is 19.8 Å². The summed E-state index contributed by atoms with van der Waals surface area (Å²) in [4.78, 5) is 22.0. The largest absolute Gasteiger partial charge is 0.486 e. The smallest absolute Gasteiger partial charge is 0.333 e. The maximum absolute atomic E-state index is 11.3. The zero-order valence-corrected chi connectivity index (χ0v) is 39.6. The predicted octanol–water partition coefficient (Wildman–Crippen LogP) is 17.1. The molecule has 0 amide bonds. The van der Waals surface area contributed by atoms with Crippen LogP contribution in [0.15, 0.2) is 90.6 Å². The molecule has 0 fully saturated rings. The number of aliphatic carboxylic acids is 1. The third kappa shape index (κ3) is 20.6. The Kier molecular flexibility index (Phi) is 27.7. The first-order valence-corrected chi connectivity index (χ1v) is 25.0. The van der Waals surface area contributed by atoms with Crippen molar-refractivity contribution in [3.8, 4) is 0 Å². The van der Waals surface area contributed by atoms with E-state index in [1.807, 2.05) is 6.08 Å². The topological polar surface area (TPSA) is 51.4 Å². The standard InChI is InChI=1S/C56H84N4O2/c1-6-10-14-18-22-26-45-58(46-27-23-19-15-11-7-2)50-37-41-53(42-38-50)60(52-35-33-49(34-36-52)31-30-32-55(57-5)56(61)62)54-43-39-51(40-44-54)59(47-28-24-20-16-12-8-3)48-29-25-21-17-13-9-4/h30-44H,6-29,45-48H2,1-4H3,(H,61,62)/b31-30+,55-32-. The molecule has 0 unspecified atom stereocenters. The van der Waals surface area contributed by atoms with Gasteiger partial charge in [-0.15, -0.1) is 0 Å². The minimum atomic E-state index is -1.21. The number of rotatable bonds is 36. The summed E-state index contributed by atoms with van der Waals surface area (Å²) < 4.78 is 0. The third-order valence-electron chi connectivity index (χ3n) is 12.1. The molecule has 3 aromatic carbocycles. The van der Waals surface area contributed by atoms with E-state index in [1.54, 1.807) is 6.08 Å². The van der Waals surface area contributed by atoms with E-state index in [0.717, 1.165) is 48.8 Å². The lowest BCUT2D eigenvalue weighted by Gasteiger charge is -2.29. The van der Waals surface area contributed by atoms with Crippen molar-refractivity contribution < 1.29 is 9.90 Å². The molecule has 0 spiro atoms. The Morgan fingerprint density at radius 3 is 1.06 bits per heavy atom. The first-order valence-electron chi connectivity index (χ1n) is 25.0. The van der Waals surface area contributed by atoms with Crippen molar-refractivity contribution >= 4 is 40.5 Å². The maximum atomic E-state index is 11.3. The summed E-state index contributed by atoms with van der Waals surface area (Å²) >= 11 is 0. The Labute approximate surface area is 379 Å². The summed E-state index contributed by atoms with van der Waals surface area (Å²) in [5.74, 6) is -1.21. The summed E-state index contributed by atoms with van der Waals surface area (Å²) in [6.45, 7) is 20.7. The fourth-order valence-electron chi connectivity index (χ4n) is 8.29. The van der Waals surface area contributed by atoms with Crippen LogP contribution in [-0.2, 0) is 4.79 Å². The summed E-state index contributed by atoms with van der Waals surface area (Å²) in [6, 6.07) is 26.8. The Morgan fingerprint density at radius 1 is 0.468 bits per heavy atom. The van der Waals surface area contributed by atoms with Gasteiger partial charge in [0.25, 0.3) is 5.70 Å². The Balaban J connectivity index is 1.92. The van der Waals surface area contributed by atoms with Crippen molar-refractivity contribution in [2.24, 2.45) is 0 Å². The Morgan fingerprint density at radius 2 is 0.758 bits per heavy atom. The zero-order chi connectivity index (χ0) is 44.5. The van der Waals surface area contributed by atoms with Gasteiger partial charge in [0.05, 0.1) is 6.57 Å². The molecule has 3 aromatic rings. The summed E-state index contributed by atoms with van der Waals surface area (Å²) in [7, 11) is 0. The molecule has 0 aromatic heterocycles. The molecule has 3 rings (SSSR count). The molecule has 0 saturated heterocycles. The second kappa shape index (κ2) is 33.1. The van der Waals surface area contributed by atoms with Crippen molar-refractivity contribution in [3.63, 3.8) is 0 Å². The molecule has 340 valence electrons. The normalized spacial score (nSPS) is 11.6. The van der Waals surface area contributed by atoms with Gasteiger partial charge in [-0.2, -0.15) is 0 Å². The SMILES string of the molecule is [C-]#[N+]/C(=C\C=C\c1ccc(N(c2ccc(N(CCCCCCCC)CCCCCCCC)cc2)c2ccc(N(CCCCCCCC)CCCCCCCC)cc2)cc1)C(=O)O. The van der Waals surface area contributed by atoms with E-state index in [9.17, 15) is 9.90 Å². The van der Waals surface area contributed by atoms with Crippen molar-refractivity contribution in [1.82, 2.24) is 0 Å². The van der Waals surface area contributed by atoms with Gasteiger partial charge in [0.1, 0.15) is 0 Å². The average Bonchev–Trinajstić information content (AvgIpc) is 3.29. The lowest BCUT2D eigenvalue weighted by Crippen LogP contribution is -2.26. The summed E-state index contributed by atoms with van der Waals surface area (Å²) in [5.41, 5.74) is 6.53. The molecule has 62 heavy (non-hydrogen) atoms. The van der Waals surface area contributed by atoms with Crippen LogP contribution in [0.5, 0.6) is 0 Å². The van der Waals surface area contributed by atoms with Gasteiger partial charge in [0.2, 0.25) is 0 Å². The van der Waals surface area contributed by atoms with Gasteiger partial charge in [0, 0.05) is 54.6 Å². The van der Waals surface area contributed by atoms with Gasteiger partial charge in [-0.05, 0) is 98.0 Å². The van der Waals surface area contributed by atoms with E-state index < -0.39 is 5.97 Å². The quantitative estimate of drug-likeness (QED) is 0.0273. The van der Waals surface area contributed by atoms with Crippen LogP contribution >= 0.6 is 0 Å². The highest BCUT2D eigenvalue weighted by molar-refractivity contribution is 5.89. The van der Waals surface area contributed by atoms with Gasteiger partial charge in [-0.25, -0.2) is 4.85 Å². The monoisotopic (exact) mass is 845 g/mol. The lowest BCUT2D eigenvalue weighted by molar-refractivity contribution is -0.132. The molecule has 0 radical (unpaired) electrons. The molecule has 0 aliphatic heterocycles. The van der Waals surface area contributed by atoms with Gasteiger partial charge in [-0.1, -0.05) is 180 Å². The van der Waals surface area contributed by atoms with E-state index in [-0.39, 0.29) is 5.70 Å². The van der Waals surface area contributed by atoms with Crippen LogP contribution in [0.1, 0.15) is 187 Å². The van der Waals surface area contributed by atoms with Crippen LogP contribution in [0.2, 0.25) is 0 Å². The molecule has 0 saturated carbocycles. The fourth-order valence-corrected chi connectivity index (χ4v) is 8.29. The number of benzene rings is 3. The van der Waals surface area contributed by atoms with Crippen molar-refractivity contribution in [2.45, 2.75) is 182 Å². The number of hydrogen-bond acceptors (Lipinski definition) is 4. The zero-order valence-electron chi connectivity index (χ0n) is 39.6. The average molecular weight is 845 g/mol. The number of carboxylic acids is 1. The number of unbranched alkanes of at least 4 members (excludes halogenated alkanes) is 20. The molecule has 1 N–H and O–H groups in total.